The highest BCUT2D eigenvalue weighted by molar-refractivity contribution is 6.62. The third kappa shape index (κ3) is 2.80. The number of hydrogen-bond acceptors (Lipinski definition) is 4. The minimum atomic E-state index is -0.688. The van der Waals surface area contributed by atoms with Gasteiger partial charge in [-0.3, -0.25) is 4.98 Å². The van der Waals surface area contributed by atoms with Crippen molar-refractivity contribution in [3.8, 4) is 0 Å². The molecule has 3 heterocycles. The fourth-order valence-corrected chi connectivity index (χ4v) is 2.84. The van der Waals surface area contributed by atoms with Gasteiger partial charge in [0.05, 0.1) is 17.4 Å². The van der Waals surface area contributed by atoms with Gasteiger partial charge in [-0.1, -0.05) is 0 Å². The Morgan fingerprint density at radius 1 is 1.14 bits per heavy atom. The summed E-state index contributed by atoms with van der Waals surface area (Å²) in [5.74, 6) is -0.0650. The molecule has 120 valence electrons. The molecule has 0 bridgehead atoms. The molecule has 2 aliphatic heterocycles. The molecule has 0 unspecified atom stereocenters. The third-order valence-corrected chi connectivity index (χ3v) is 5.05. The lowest BCUT2D eigenvalue weighted by Crippen LogP contribution is -2.41. The largest absolute Gasteiger partial charge is 0.497 e. The molecule has 1 aromatic rings. The molecule has 2 aliphatic rings. The summed E-state index contributed by atoms with van der Waals surface area (Å²) in [6, 6.07) is 1.80. The maximum absolute atomic E-state index is 14.2. The van der Waals surface area contributed by atoms with Crippen LogP contribution >= 0.6 is 0 Å². The molecule has 22 heavy (non-hydrogen) atoms. The van der Waals surface area contributed by atoms with E-state index in [4.69, 9.17) is 14.0 Å². The number of pyridine rings is 1. The summed E-state index contributed by atoms with van der Waals surface area (Å²) >= 11 is 0. The lowest BCUT2D eigenvalue weighted by atomic mass is 9.77. The highest BCUT2D eigenvalue weighted by atomic mass is 19.1. The Bertz CT molecular complexity index is 542. The molecule has 3 rings (SSSR count). The molecular weight excluding hydrogens is 284 g/mol. The van der Waals surface area contributed by atoms with Crippen LogP contribution in [0.15, 0.2) is 12.3 Å². The predicted molar refractivity (Wildman–Crippen MR) is 82.7 cm³/mol. The van der Waals surface area contributed by atoms with Crippen LogP contribution in [-0.2, 0) is 14.0 Å². The van der Waals surface area contributed by atoms with Gasteiger partial charge in [-0.15, -0.1) is 0 Å². The number of aromatic nitrogens is 1. The minimum absolute atomic E-state index is 0.315. The molecule has 2 fully saturated rings. The van der Waals surface area contributed by atoms with E-state index in [0.717, 1.165) is 31.7 Å². The zero-order valence-corrected chi connectivity index (χ0v) is 13.7. The fourth-order valence-electron chi connectivity index (χ4n) is 2.84. The van der Waals surface area contributed by atoms with E-state index in [1.165, 1.54) is 6.20 Å². The van der Waals surface area contributed by atoms with Crippen molar-refractivity contribution in [2.45, 2.75) is 57.7 Å². The Balaban J connectivity index is 1.88. The van der Waals surface area contributed by atoms with Crippen LogP contribution in [-0.4, -0.2) is 36.5 Å². The smallest absolute Gasteiger partial charge is 0.399 e. The van der Waals surface area contributed by atoms with Crippen molar-refractivity contribution in [3.05, 3.63) is 23.8 Å². The van der Waals surface area contributed by atoms with Gasteiger partial charge in [-0.05, 0) is 46.6 Å². The molecule has 2 saturated heterocycles. The Kier molecular flexibility index (Phi) is 4.04. The van der Waals surface area contributed by atoms with Crippen molar-refractivity contribution in [1.82, 2.24) is 4.98 Å². The standard InChI is InChI=1S/C16H23BFNO3/c1-15(2)16(3,4)22-17(21-15)12-9-14(19-10-13(12)18)11-5-7-20-8-6-11/h9-11H,5-8H2,1-4H3. The van der Waals surface area contributed by atoms with Crippen molar-refractivity contribution in [1.29, 1.82) is 0 Å². The normalized spacial score (nSPS) is 24.7. The highest BCUT2D eigenvalue weighted by Crippen LogP contribution is 2.37. The average Bonchev–Trinajstić information content (AvgIpc) is 2.69. The van der Waals surface area contributed by atoms with Crippen LogP contribution in [0.3, 0.4) is 0 Å². The molecule has 1 aromatic heterocycles. The molecule has 0 aliphatic carbocycles. The second-order valence-corrected chi connectivity index (χ2v) is 7.11. The molecule has 0 spiro atoms. The molecule has 0 atom stereocenters. The summed E-state index contributed by atoms with van der Waals surface area (Å²) in [5, 5.41) is 0. The van der Waals surface area contributed by atoms with E-state index in [0.29, 0.717) is 11.4 Å². The average molecular weight is 307 g/mol. The number of hydrogen-bond donors (Lipinski definition) is 0. The number of ether oxygens (including phenoxy) is 1. The molecule has 6 heteroatoms. The predicted octanol–water partition coefficient (Wildman–Crippen LogP) is 2.41. The van der Waals surface area contributed by atoms with Crippen molar-refractivity contribution >= 4 is 12.6 Å². The van der Waals surface area contributed by atoms with Crippen LogP contribution in [0.4, 0.5) is 4.39 Å². The first-order valence-corrected chi connectivity index (χ1v) is 7.89. The van der Waals surface area contributed by atoms with Gasteiger partial charge in [-0.2, -0.15) is 0 Å². The van der Waals surface area contributed by atoms with Crippen LogP contribution in [0.1, 0.15) is 52.1 Å². The van der Waals surface area contributed by atoms with Crippen molar-refractivity contribution in [2.75, 3.05) is 13.2 Å². The second kappa shape index (κ2) is 5.58. The van der Waals surface area contributed by atoms with Crippen LogP contribution < -0.4 is 5.46 Å². The molecule has 0 aromatic carbocycles. The first-order valence-electron chi connectivity index (χ1n) is 7.89. The fraction of sp³-hybridized carbons (Fsp3) is 0.688. The molecule has 0 radical (unpaired) electrons. The van der Waals surface area contributed by atoms with E-state index >= 15 is 0 Å². The lowest BCUT2D eigenvalue weighted by Gasteiger charge is -2.32. The van der Waals surface area contributed by atoms with Crippen LogP contribution in [0.2, 0.25) is 0 Å². The van der Waals surface area contributed by atoms with E-state index in [1.807, 2.05) is 27.7 Å². The van der Waals surface area contributed by atoms with E-state index in [2.05, 4.69) is 4.98 Å². The lowest BCUT2D eigenvalue weighted by molar-refractivity contribution is 0.00578. The zero-order valence-electron chi connectivity index (χ0n) is 13.7. The molecule has 4 nitrogen and oxygen atoms in total. The highest BCUT2D eigenvalue weighted by Gasteiger charge is 2.52. The summed E-state index contributed by atoms with van der Waals surface area (Å²) in [6.45, 7) is 9.32. The molecule has 0 amide bonds. The minimum Gasteiger partial charge on any atom is -0.399 e. The third-order valence-electron chi connectivity index (χ3n) is 5.05. The van der Waals surface area contributed by atoms with E-state index < -0.39 is 18.3 Å². The first-order chi connectivity index (χ1) is 10.3. The van der Waals surface area contributed by atoms with Gasteiger partial charge in [0.15, 0.2) is 0 Å². The number of rotatable bonds is 2. The van der Waals surface area contributed by atoms with Crippen LogP contribution in [0.5, 0.6) is 0 Å². The Morgan fingerprint density at radius 3 is 2.32 bits per heavy atom. The van der Waals surface area contributed by atoms with Crippen LogP contribution in [0, 0.1) is 5.82 Å². The number of halogens is 1. The summed E-state index contributed by atoms with van der Waals surface area (Å²) in [7, 11) is -0.688. The van der Waals surface area contributed by atoms with Gasteiger partial charge >= 0.3 is 7.12 Å². The SMILES string of the molecule is CC1(C)OB(c2cc(C3CCOCC3)ncc2F)OC1(C)C. The summed E-state index contributed by atoms with van der Waals surface area (Å²) in [6.07, 6.45) is 3.12. The molecule has 0 saturated carbocycles. The Morgan fingerprint density at radius 2 is 1.73 bits per heavy atom. The van der Waals surface area contributed by atoms with E-state index in [-0.39, 0.29) is 5.82 Å². The zero-order chi connectivity index (χ0) is 16.0. The van der Waals surface area contributed by atoms with Gasteiger partial charge in [-0.25, -0.2) is 4.39 Å². The van der Waals surface area contributed by atoms with Gasteiger partial charge in [0.2, 0.25) is 0 Å². The second-order valence-electron chi connectivity index (χ2n) is 7.11. The van der Waals surface area contributed by atoms with E-state index in [9.17, 15) is 4.39 Å². The van der Waals surface area contributed by atoms with Crippen molar-refractivity contribution in [3.63, 3.8) is 0 Å². The van der Waals surface area contributed by atoms with Gasteiger partial charge in [0.25, 0.3) is 0 Å². The molecular formula is C16H23BFNO3. The van der Waals surface area contributed by atoms with Gasteiger partial charge in [0.1, 0.15) is 5.82 Å². The Labute approximate surface area is 131 Å². The summed E-state index contributed by atoms with van der Waals surface area (Å²) in [5.41, 5.74) is 0.378. The number of nitrogens with zero attached hydrogens (tertiary/aromatic N) is 1. The first kappa shape index (κ1) is 15.9. The molecule has 0 N–H and O–H groups in total. The topological polar surface area (TPSA) is 40.6 Å². The van der Waals surface area contributed by atoms with Gasteiger partial charge < -0.3 is 14.0 Å². The summed E-state index contributed by atoms with van der Waals surface area (Å²) < 4.78 is 31.5. The van der Waals surface area contributed by atoms with Gasteiger partial charge in [0, 0.05) is 30.3 Å². The van der Waals surface area contributed by atoms with Crippen LogP contribution in [0.25, 0.3) is 0 Å². The maximum Gasteiger partial charge on any atom is 0.497 e. The van der Waals surface area contributed by atoms with E-state index in [1.54, 1.807) is 6.07 Å². The Hall–Kier alpha value is -0.975. The summed E-state index contributed by atoms with van der Waals surface area (Å²) in [4.78, 5) is 4.27. The van der Waals surface area contributed by atoms with Crippen molar-refractivity contribution in [2.24, 2.45) is 0 Å². The quantitative estimate of drug-likeness (QED) is 0.787. The maximum atomic E-state index is 14.2. The monoisotopic (exact) mass is 307 g/mol. The van der Waals surface area contributed by atoms with Crippen molar-refractivity contribution < 1.29 is 18.4 Å².